The Labute approximate surface area is 170 Å². The minimum Gasteiger partial charge on any atom is -0.314 e. The van der Waals surface area contributed by atoms with E-state index in [1.165, 1.54) is 25.7 Å². The van der Waals surface area contributed by atoms with E-state index in [0.29, 0.717) is 25.3 Å². The van der Waals surface area contributed by atoms with Crippen LogP contribution in [0.5, 0.6) is 0 Å². The van der Waals surface area contributed by atoms with Crippen LogP contribution in [0, 0.1) is 0 Å². The van der Waals surface area contributed by atoms with Gasteiger partial charge >= 0.3 is 8.74 Å². The second-order valence-electron chi connectivity index (χ2n) is 8.65. The average Bonchev–Trinajstić information content (AvgIpc) is 2.64. The first-order valence-electron chi connectivity index (χ1n) is 12.0. The van der Waals surface area contributed by atoms with Gasteiger partial charge in [0.1, 0.15) is 0 Å². The molecule has 0 aliphatic carbocycles. The number of unbranched alkanes of at least 4 members (excludes halogenated alkanes) is 10. The third-order valence-corrected chi connectivity index (χ3v) is 11.7. The van der Waals surface area contributed by atoms with Gasteiger partial charge in [0.25, 0.3) is 0 Å². The Kier molecular flexibility index (Phi) is 17.3. The molecule has 0 aliphatic rings. The van der Waals surface area contributed by atoms with Gasteiger partial charge in [-0.3, -0.25) is 8.22 Å². The fraction of sp³-hybridized carbons (Fsp3) is 1.00. The first-order valence-corrected chi connectivity index (χ1v) is 16.6. The van der Waals surface area contributed by atoms with Crippen molar-refractivity contribution in [1.29, 1.82) is 0 Å². The molecule has 0 rings (SSSR count). The summed E-state index contributed by atoms with van der Waals surface area (Å²) in [6, 6.07) is 2.41. The Morgan fingerprint density at radius 2 is 0.704 bits per heavy atom. The molecule has 0 fully saturated rings. The van der Waals surface area contributed by atoms with Crippen LogP contribution >= 0.6 is 0 Å². The minimum atomic E-state index is -4.03. The molecule has 0 saturated heterocycles. The van der Waals surface area contributed by atoms with E-state index in [1.807, 2.05) is 0 Å². The summed E-state index contributed by atoms with van der Waals surface area (Å²) in [6.07, 6.45) is 14.0. The summed E-state index contributed by atoms with van der Waals surface area (Å²) >= 11 is 0. The van der Waals surface area contributed by atoms with Gasteiger partial charge in [0.2, 0.25) is 8.41 Å². The quantitative estimate of drug-likeness (QED) is 0.104. The fourth-order valence-corrected chi connectivity index (χ4v) is 9.06. The van der Waals surface area contributed by atoms with Gasteiger partial charge < -0.3 is 4.11 Å². The van der Waals surface area contributed by atoms with Crippen LogP contribution in [0.25, 0.3) is 0 Å². The Hall–Kier alpha value is 0.224. The van der Waals surface area contributed by atoms with E-state index >= 15 is 4.11 Å². The van der Waals surface area contributed by atoms with E-state index in [1.54, 1.807) is 0 Å². The highest BCUT2D eigenvalue weighted by molar-refractivity contribution is 6.73. The molecule has 0 atom stereocenters. The summed E-state index contributed by atoms with van der Waals surface area (Å²) in [5.74, 6) is 0. The van der Waals surface area contributed by atoms with Crippen molar-refractivity contribution in [3.63, 3.8) is 0 Å². The molecule has 5 heteroatoms. The van der Waals surface area contributed by atoms with Crippen LogP contribution in [0.2, 0.25) is 30.2 Å². The molecule has 0 unspecified atom stereocenters. The van der Waals surface area contributed by atoms with Gasteiger partial charge in [-0.25, -0.2) is 0 Å². The minimum absolute atomic E-state index is 0.0925. The summed E-state index contributed by atoms with van der Waals surface area (Å²) in [5, 5.41) is 0. The van der Waals surface area contributed by atoms with Crippen molar-refractivity contribution in [3.8, 4) is 0 Å². The van der Waals surface area contributed by atoms with Gasteiger partial charge in [0.05, 0.1) is 0 Å². The molecular weight excluding hydrogens is 377 g/mol. The van der Waals surface area contributed by atoms with Gasteiger partial charge in [0.15, 0.2) is 0 Å². The van der Waals surface area contributed by atoms with E-state index in [-0.39, 0.29) is 12.1 Å². The van der Waals surface area contributed by atoms with E-state index in [4.69, 9.17) is 0 Å². The maximum atomic E-state index is 15.5. The van der Waals surface area contributed by atoms with Gasteiger partial charge in [-0.15, -0.1) is 0 Å². The van der Waals surface area contributed by atoms with Crippen molar-refractivity contribution in [2.24, 2.45) is 0 Å². The number of hydrogen-bond donors (Lipinski definition) is 0. The van der Waals surface area contributed by atoms with E-state index in [2.05, 4.69) is 20.8 Å². The highest BCUT2D eigenvalue weighted by Crippen LogP contribution is 2.32. The summed E-state index contributed by atoms with van der Waals surface area (Å²) in [6.45, 7) is 6.46. The normalized spacial score (nSPS) is 12.7. The van der Waals surface area contributed by atoms with Gasteiger partial charge in [-0.1, -0.05) is 111 Å². The third-order valence-electron chi connectivity index (χ3n) is 5.77. The van der Waals surface area contributed by atoms with E-state index < -0.39 is 17.1 Å². The lowest BCUT2D eigenvalue weighted by Crippen LogP contribution is -2.28. The smallest absolute Gasteiger partial charge is 0.314 e. The molecule has 0 nitrogen and oxygen atoms in total. The van der Waals surface area contributed by atoms with Crippen LogP contribution < -0.4 is 0 Å². The molecular formula is C22H47F3Si2. The van der Waals surface area contributed by atoms with Crippen molar-refractivity contribution in [2.75, 3.05) is 0 Å². The lowest BCUT2D eigenvalue weighted by atomic mass is 10.2. The van der Waals surface area contributed by atoms with Crippen molar-refractivity contribution in [3.05, 3.63) is 0 Å². The average molecular weight is 425 g/mol. The molecule has 0 radical (unpaired) electrons. The molecule has 0 aliphatic heterocycles. The molecule has 0 bridgehead atoms. The third kappa shape index (κ3) is 16.8. The maximum Gasteiger partial charge on any atom is 0.425 e. The molecule has 0 N–H and O–H groups in total. The fourth-order valence-electron chi connectivity index (χ4n) is 3.87. The second-order valence-corrected chi connectivity index (χ2v) is 15.2. The number of halogens is 3. The Balaban J connectivity index is 4.19. The highest BCUT2D eigenvalue weighted by atomic mass is 28.4. The van der Waals surface area contributed by atoms with Crippen molar-refractivity contribution in [1.82, 2.24) is 0 Å². The summed E-state index contributed by atoms with van der Waals surface area (Å²) in [5.41, 5.74) is 0. The van der Waals surface area contributed by atoms with Gasteiger partial charge in [0, 0.05) is 0 Å². The topological polar surface area (TPSA) is 0 Å². The largest absolute Gasteiger partial charge is 0.425 e. The highest BCUT2D eigenvalue weighted by Gasteiger charge is 2.35. The Bertz CT molecular complexity index is 313. The second kappa shape index (κ2) is 17.1. The van der Waals surface area contributed by atoms with Crippen LogP contribution in [0.3, 0.4) is 0 Å². The SMILES string of the molecule is CCCCCC[Si](F)(F)CCCC[Si](F)(CCCCCC)CCCCCC. The molecule has 0 aromatic heterocycles. The molecule has 0 aromatic rings. The van der Waals surface area contributed by atoms with Crippen LogP contribution in [-0.4, -0.2) is 17.1 Å². The Morgan fingerprint density at radius 1 is 0.407 bits per heavy atom. The monoisotopic (exact) mass is 424 g/mol. The maximum absolute atomic E-state index is 15.5. The molecule has 0 saturated carbocycles. The molecule has 0 amide bonds. The first-order chi connectivity index (χ1) is 12.9. The van der Waals surface area contributed by atoms with Crippen LogP contribution in [0.15, 0.2) is 0 Å². The number of hydrogen-bond acceptors (Lipinski definition) is 0. The summed E-state index contributed by atoms with van der Waals surface area (Å²) < 4.78 is 43.7. The molecule has 0 spiro atoms. The zero-order chi connectivity index (χ0) is 20.4. The van der Waals surface area contributed by atoms with Gasteiger partial charge in [-0.05, 0) is 30.2 Å². The standard InChI is InChI=1S/C22H47F3Si2/c1-4-7-10-13-18-26(23,19-14-11-8-5-2)20-16-17-22-27(24,25)21-15-12-9-6-3/h4-22H2,1-3H3. The number of rotatable bonds is 20. The van der Waals surface area contributed by atoms with Crippen LogP contribution in [-0.2, 0) is 0 Å². The molecule has 27 heavy (non-hydrogen) atoms. The van der Waals surface area contributed by atoms with Crippen molar-refractivity contribution >= 4 is 17.1 Å². The van der Waals surface area contributed by atoms with Gasteiger partial charge in [-0.2, -0.15) is 0 Å². The predicted molar refractivity (Wildman–Crippen MR) is 121 cm³/mol. The predicted octanol–water partition coefficient (Wildman–Crippen LogP) is 9.80. The zero-order valence-electron chi connectivity index (χ0n) is 18.6. The van der Waals surface area contributed by atoms with Crippen molar-refractivity contribution < 1.29 is 12.3 Å². The van der Waals surface area contributed by atoms with Crippen LogP contribution in [0.1, 0.15) is 111 Å². The molecule has 0 heterocycles. The lowest BCUT2D eigenvalue weighted by Gasteiger charge is -2.23. The molecule has 0 aromatic carbocycles. The van der Waals surface area contributed by atoms with E-state index in [0.717, 1.165) is 57.0 Å². The van der Waals surface area contributed by atoms with Crippen LogP contribution in [0.4, 0.5) is 12.3 Å². The first kappa shape index (κ1) is 27.2. The zero-order valence-corrected chi connectivity index (χ0v) is 20.6. The summed E-state index contributed by atoms with van der Waals surface area (Å²) in [7, 11) is -6.74. The Morgan fingerprint density at radius 3 is 1.07 bits per heavy atom. The van der Waals surface area contributed by atoms with Crippen molar-refractivity contribution in [2.45, 2.75) is 141 Å². The lowest BCUT2D eigenvalue weighted by molar-refractivity contribution is 0.555. The summed E-state index contributed by atoms with van der Waals surface area (Å²) in [4.78, 5) is 0. The molecule has 164 valence electrons. The van der Waals surface area contributed by atoms with E-state index in [9.17, 15) is 8.22 Å².